The van der Waals surface area contributed by atoms with Crippen LogP contribution in [0.15, 0.2) is 29.2 Å². The lowest BCUT2D eigenvalue weighted by Crippen LogP contribution is -2.30. The van der Waals surface area contributed by atoms with Crippen LogP contribution < -0.4 is 10.0 Å². The van der Waals surface area contributed by atoms with Crippen LogP contribution in [0.4, 0.5) is 0 Å². The maximum Gasteiger partial charge on any atom is 0.240 e. The van der Waals surface area contributed by atoms with Gasteiger partial charge in [-0.1, -0.05) is 32.9 Å². The molecular weight excluding hydrogens is 284 g/mol. The second kappa shape index (κ2) is 6.90. The van der Waals surface area contributed by atoms with Crippen molar-refractivity contribution in [3.05, 3.63) is 29.8 Å². The summed E-state index contributed by atoms with van der Waals surface area (Å²) >= 11 is 0. The zero-order chi connectivity index (χ0) is 15.5. The molecule has 1 aromatic carbocycles. The minimum absolute atomic E-state index is 0.321. The Bertz CT molecular complexity index is 548. The van der Waals surface area contributed by atoms with Crippen LogP contribution >= 0.6 is 0 Å². The molecule has 2 N–H and O–H groups in total. The average Bonchev–Trinajstić information content (AvgIpc) is 3.27. The number of nitrogens with one attached hydrogen (secondary N) is 2. The van der Waals surface area contributed by atoms with E-state index < -0.39 is 10.0 Å². The first-order valence-corrected chi connectivity index (χ1v) is 9.19. The summed E-state index contributed by atoms with van der Waals surface area (Å²) in [4.78, 5) is 0.341. The molecule has 0 amide bonds. The van der Waals surface area contributed by atoms with Crippen molar-refractivity contribution in [2.75, 3.05) is 6.54 Å². The van der Waals surface area contributed by atoms with E-state index in [2.05, 4.69) is 30.8 Å². The highest BCUT2D eigenvalue weighted by molar-refractivity contribution is 7.89. The van der Waals surface area contributed by atoms with Crippen LogP contribution in [-0.4, -0.2) is 21.0 Å². The van der Waals surface area contributed by atoms with Crippen molar-refractivity contribution < 1.29 is 8.42 Å². The predicted molar refractivity (Wildman–Crippen MR) is 85.5 cm³/mol. The fraction of sp³-hybridized carbons (Fsp3) is 0.625. The molecule has 0 heterocycles. The highest BCUT2D eigenvalue weighted by Gasteiger charge is 2.20. The number of sulfonamides is 1. The summed E-state index contributed by atoms with van der Waals surface area (Å²) in [5.41, 5.74) is 1.12. The first-order chi connectivity index (χ1) is 9.88. The van der Waals surface area contributed by atoms with Gasteiger partial charge in [-0.3, -0.25) is 0 Å². The van der Waals surface area contributed by atoms with Crippen LogP contribution in [0.2, 0.25) is 0 Å². The Hall–Kier alpha value is -0.910. The van der Waals surface area contributed by atoms with Crippen molar-refractivity contribution >= 4 is 10.0 Å². The van der Waals surface area contributed by atoms with Gasteiger partial charge in [-0.25, -0.2) is 13.1 Å². The normalized spacial score (nSPS) is 17.1. The van der Waals surface area contributed by atoms with Gasteiger partial charge in [-0.05, 0) is 42.4 Å². The van der Waals surface area contributed by atoms with E-state index in [-0.39, 0.29) is 0 Å². The summed E-state index contributed by atoms with van der Waals surface area (Å²) in [5.74, 6) is 0.783. The topological polar surface area (TPSA) is 58.2 Å². The highest BCUT2D eigenvalue weighted by atomic mass is 32.2. The number of rotatable bonds is 8. The van der Waals surface area contributed by atoms with Crippen LogP contribution in [0, 0.1) is 11.8 Å². The molecule has 1 aromatic rings. The van der Waals surface area contributed by atoms with E-state index in [9.17, 15) is 8.42 Å². The van der Waals surface area contributed by atoms with Crippen molar-refractivity contribution in [2.24, 2.45) is 11.8 Å². The van der Waals surface area contributed by atoms with Crippen molar-refractivity contribution in [1.29, 1.82) is 0 Å². The molecule has 1 atom stereocenters. The third kappa shape index (κ3) is 5.09. The van der Waals surface area contributed by atoms with Gasteiger partial charge < -0.3 is 5.32 Å². The van der Waals surface area contributed by atoms with Crippen LogP contribution in [0.3, 0.4) is 0 Å². The predicted octanol–water partition coefficient (Wildman–Crippen LogP) is 2.51. The fourth-order valence-corrected chi connectivity index (χ4v) is 3.04. The summed E-state index contributed by atoms with van der Waals surface area (Å²) in [7, 11) is -3.39. The van der Waals surface area contributed by atoms with Gasteiger partial charge >= 0.3 is 0 Å². The summed E-state index contributed by atoms with van der Waals surface area (Å²) in [6.45, 7) is 7.54. The lowest BCUT2D eigenvalue weighted by molar-refractivity contribution is 0.414. The van der Waals surface area contributed by atoms with Crippen molar-refractivity contribution in [1.82, 2.24) is 10.0 Å². The molecule has 1 saturated carbocycles. The van der Waals surface area contributed by atoms with Crippen LogP contribution in [0.1, 0.15) is 39.2 Å². The lowest BCUT2D eigenvalue weighted by Gasteiger charge is -2.16. The molecule has 2 rings (SSSR count). The second-order valence-electron chi connectivity index (χ2n) is 6.37. The third-order valence-corrected chi connectivity index (χ3v) is 5.58. The van der Waals surface area contributed by atoms with Crippen molar-refractivity contribution in [2.45, 2.75) is 51.1 Å². The molecule has 0 saturated heterocycles. The number of benzene rings is 1. The van der Waals surface area contributed by atoms with Gasteiger partial charge in [0.15, 0.2) is 0 Å². The maximum atomic E-state index is 12.2. The van der Waals surface area contributed by atoms with Crippen LogP contribution in [-0.2, 0) is 16.6 Å². The van der Waals surface area contributed by atoms with Gasteiger partial charge in [-0.2, -0.15) is 0 Å². The summed E-state index contributed by atoms with van der Waals surface area (Å²) in [6, 6.07) is 7.80. The van der Waals surface area contributed by atoms with E-state index >= 15 is 0 Å². The molecule has 0 aliphatic heterocycles. The monoisotopic (exact) mass is 310 g/mol. The van der Waals surface area contributed by atoms with E-state index in [4.69, 9.17) is 0 Å². The van der Waals surface area contributed by atoms with E-state index in [1.54, 1.807) is 12.1 Å². The Morgan fingerprint density at radius 3 is 2.29 bits per heavy atom. The van der Waals surface area contributed by atoms with Crippen LogP contribution in [0.5, 0.6) is 0 Å². The maximum absolute atomic E-state index is 12.2. The summed E-state index contributed by atoms with van der Waals surface area (Å²) < 4.78 is 27.1. The van der Waals surface area contributed by atoms with Crippen LogP contribution in [0.25, 0.3) is 0 Å². The fourth-order valence-electron chi connectivity index (χ4n) is 1.90. The van der Waals surface area contributed by atoms with Gasteiger partial charge in [0.25, 0.3) is 0 Å². The molecule has 1 fully saturated rings. The molecule has 1 aliphatic rings. The van der Waals surface area contributed by atoms with Gasteiger partial charge in [0.2, 0.25) is 10.0 Å². The molecule has 0 bridgehead atoms. The molecule has 118 valence electrons. The Kier molecular flexibility index (Phi) is 5.41. The Morgan fingerprint density at radius 1 is 1.14 bits per heavy atom. The van der Waals surface area contributed by atoms with E-state index in [0.717, 1.165) is 12.1 Å². The van der Waals surface area contributed by atoms with Crippen molar-refractivity contribution in [3.8, 4) is 0 Å². The lowest BCUT2D eigenvalue weighted by atomic mass is 9.99. The summed E-state index contributed by atoms with van der Waals surface area (Å²) in [6.07, 6.45) is 2.51. The number of hydrogen-bond acceptors (Lipinski definition) is 3. The van der Waals surface area contributed by atoms with E-state index in [1.807, 2.05) is 12.1 Å². The largest absolute Gasteiger partial charge is 0.310 e. The Balaban J connectivity index is 1.92. The summed E-state index contributed by atoms with van der Waals surface area (Å²) in [5, 5.41) is 3.42. The van der Waals surface area contributed by atoms with Gasteiger partial charge in [0.1, 0.15) is 0 Å². The quantitative estimate of drug-likeness (QED) is 0.775. The third-order valence-electron chi connectivity index (χ3n) is 4.14. The molecule has 21 heavy (non-hydrogen) atoms. The minimum Gasteiger partial charge on any atom is -0.310 e. The highest BCUT2D eigenvalue weighted by Crippen LogP contribution is 2.19. The Morgan fingerprint density at radius 2 is 1.76 bits per heavy atom. The average molecular weight is 310 g/mol. The molecule has 0 radical (unpaired) electrons. The molecule has 0 aromatic heterocycles. The smallest absolute Gasteiger partial charge is 0.240 e. The SMILES string of the molecule is CC(C)C(C)CNS(=O)(=O)c1ccc(CNC2CC2)cc1. The van der Waals surface area contributed by atoms with Crippen molar-refractivity contribution in [3.63, 3.8) is 0 Å². The zero-order valence-corrected chi connectivity index (χ0v) is 13.9. The molecule has 5 heteroatoms. The standard InChI is InChI=1S/C16H26N2O2S/c1-12(2)13(3)10-18-21(19,20)16-8-4-14(5-9-16)11-17-15-6-7-15/h4-5,8-9,12-13,15,17-18H,6-7,10-11H2,1-3H3. The first-order valence-electron chi connectivity index (χ1n) is 7.70. The Labute approximate surface area is 128 Å². The molecule has 1 aliphatic carbocycles. The molecule has 0 spiro atoms. The minimum atomic E-state index is -3.39. The van der Waals surface area contributed by atoms with E-state index in [1.165, 1.54) is 12.8 Å². The molecular formula is C16H26N2O2S. The number of hydrogen-bond donors (Lipinski definition) is 2. The van der Waals surface area contributed by atoms with E-state index in [0.29, 0.717) is 29.3 Å². The zero-order valence-electron chi connectivity index (χ0n) is 13.1. The molecule has 1 unspecified atom stereocenters. The second-order valence-corrected chi connectivity index (χ2v) is 8.14. The molecule has 4 nitrogen and oxygen atoms in total. The van der Waals surface area contributed by atoms with Gasteiger partial charge in [0.05, 0.1) is 4.90 Å². The van der Waals surface area contributed by atoms with Gasteiger partial charge in [0, 0.05) is 19.1 Å². The van der Waals surface area contributed by atoms with Gasteiger partial charge in [-0.15, -0.1) is 0 Å². The first kappa shape index (κ1) is 16.5.